The lowest BCUT2D eigenvalue weighted by atomic mass is 10.2. The van der Waals surface area contributed by atoms with Crippen molar-refractivity contribution >= 4 is 42.6 Å². The highest BCUT2D eigenvalue weighted by atomic mass is 35.5. The highest BCUT2D eigenvalue weighted by Crippen LogP contribution is 2.35. The normalized spacial score (nSPS) is 11.9. The third-order valence-electron chi connectivity index (χ3n) is 3.80. The molecule has 1 aromatic heterocycles. The third kappa shape index (κ3) is 3.82. The van der Waals surface area contributed by atoms with E-state index in [9.17, 15) is 16.8 Å². The number of sulfone groups is 2. The van der Waals surface area contributed by atoms with Crippen LogP contribution >= 0.6 is 22.9 Å². The van der Waals surface area contributed by atoms with Gasteiger partial charge in [0.15, 0.2) is 9.24 Å². The van der Waals surface area contributed by atoms with E-state index in [2.05, 4.69) is 4.98 Å². The maximum atomic E-state index is 13.1. The summed E-state index contributed by atoms with van der Waals surface area (Å²) in [5, 5.41) is 8.82. The Hall–Kier alpha value is -2.25. The largest absolute Gasteiger partial charge is 0.227 e. The predicted molar refractivity (Wildman–Crippen MR) is 105 cm³/mol. The second kappa shape index (κ2) is 7.64. The van der Waals surface area contributed by atoms with E-state index in [1.165, 1.54) is 36.4 Å². The minimum atomic E-state index is -4.20. The SMILES string of the molecule is Cc1ccc(S(=O)(=O)c2nc(CC#N)sc2S(=O)(=O)c2ccc(Cl)cc2)cc1. The number of halogens is 1. The summed E-state index contributed by atoms with van der Waals surface area (Å²) >= 11 is 6.49. The Morgan fingerprint density at radius 2 is 1.50 bits per heavy atom. The molecule has 144 valence electrons. The fraction of sp³-hybridized carbons (Fsp3) is 0.111. The Balaban J connectivity index is 2.24. The van der Waals surface area contributed by atoms with Crippen molar-refractivity contribution in [3.05, 3.63) is 64.1 Å². The van der Waals surface area contributed by atoms with E-state index in [0.29, 0.717) is 16.4 Å². The van der Waals surface area contributed by atoms with E-state index >= 15 is 0 Å². The van der Waals surface area contributed by atoms with Crippen LogP contribution in [0.5, 0.6) is 0 Å². The van der Waals surface area contributed by atoms with Crippen molar-refractivity contribution in [1.29, 1.82) is 5.26 Å². The zero-order valence-electron chi connectivity index (χ0n) is 14.5. The van der Waals surface area contributed by atoms with Crippen LogP contribution in [0.25, 0.3) is 0 Å². The molecular formula is C18H13ClN2O4S3. The number of rotatable bonds is 5. The lowest BCUT2D eigenvalue weighted by Crippen LogP contribution is -2.09. The molecule has 0 aliphatic rings. The van der Waals surface area contributed by atoms with Crippen LogP contribution in [0.15, 0.2) is 67.6 Å². The van der Waals surface area contributed by atoms with Gasteiger partial charge in [-0.2, -0.15) is 5.26 Å². The van der Waals surface area contributed by atoms with E-state index in [4.69, 9.17) is 16.9 Å². The van der Waals surface area contributed by atoms with Gasteiger partial charge in [-0.1, -0.05) is 29.3 Å². The van der Waals surface area contributed by atoms with Crippen LogP contribution in [-0.4, -0.2) is 21.8 Å². The zero-order chi connectivity index (χ0) is 20.5. The van der Waals surface area contributed by atoms with E-state index < -0.39 is 28.9 Å². The van der Waals surface area contributed by atoms with Crippen molar-refractivity contribution in [2.75, 3.05) is 0 Å². The molecule has 28 heavy (non-hydrogen) atoms. The Kier molecular flexibility index (Phi) is 5.59. The van der Waals surface area contributed by atoms with Gasteiger partial charge in [-0.15, -0.1) is 11.3 Å². The number of nitrogens with zero attached hydrogens (tertiary/aromatic N) is 2. The Bertz CT molecular complexity index is 1180. The molecule has 0 spiro atoms. The number of thiazole rings is 1. The van der Waals surface area contributed by atoms with Gasteiger partial charge in [-0.25, -0.2) is 21.8 Å². The number of aryl methyl sites for hydroxylation is 1. The molecule has 0 unspecified atom stereocenters. The lowest BCUT2D eigenvalue weighted by Gasteiger charge is -2.07. The second-order valence-electron chi connectivity index (χ2n) is 5.81. The summed E-state index contributed by atoms with van der Waals surface area (Å²) in [6.45, 7) is 1.81. The molecule has 0 aliphatic carbocycles. The standard InChI is InChI=1S/C18H13ClN2O4S3/c1-12-2-6-14(7-3-12)27(22,23)17-18(26-16(21-17)10-11-20)28(24,25)15-8-4-13(19)5-9-15/h2-9H,10H2,1H3. The maximum absolute atomic E-state index is 13.1. The van der Waals surface area contributed by atoms with Crippen molar-refractivity contribution < 1.29 is 16.8 Å². The molecule has 0 radical (unpaired) electrons. The fourth-order valence-electron chi connectivity index (χ4n) is 2.37. The molecule has 0 N–H and O–H groups in total. The average Bonchev–Trinajstić information content (AvgIpc) is 3.08. The first-order valence-corrected chi connectivity index (χ1v) is 12.0. The van der Waals surface area contributed by atoms with Crippen LogP contribution in [0.4, 0.5) is 0 Å². The number of hydrogen-bond acceptors (Lipinski definition) is 7. The number of hydrogen-bond donors (Lipinski definition) is 0. The number of nitriles is 1. The van der Waals surface area contributed by atoms with Gasteiger partial charge in [0.2, 0.25) is 19.7 Å². The topological polar surface area (TPSA) is 105 Å². The van der Waals surface area contributed by atoms with Crippen LogP contribution in [-0.2, 0) is 26.1 Å². The van der Waals surface area contributed by atoms with Crippen LogP contribution in [0.3, 0.4) is 0 Å². The summed E-state index contributed by atoms with van der Waals surface area (Å²) in [6.07, 6.45) is -0.197. The van der Waals surface area contributed by atoms with Gasteiger partial charge in [-0.05, 0) is 43.3 Å². The van der Waals surface area contributed by atoms with Crippen LogP contribution in [0.2, 0.25) is 5.02 Å². The molecule has 1 heterocycles. The second-order valence-corrected chi connectivity index (χ2v) is 11.3. The van der Waals surface area contributed by atoms with Crippen molar-refractivity contribution in [2.45, 2.75) is 32.4 Å². The van der Waals surface area contributed by atoms with Crippen molar-refractivity contribution in [2.24, 2.45) is 0 Å². The van der Waals surface area contributed by atoms with Gasteiger partial charge in [0, 0.05) is 5.02 Å². The molecule has 3 aromatic rings. The van der Waals surface area contributed by atoms with Crippen LogP contribution in [0.1, 0.15) is 10.6 Å². The molecular weight excluding hydrogens is 440 g/mol. The molecule has 3 rings (SSSR count). The molecule has 0 bridgehead atoms. The van der Waals surface area contributed by atoms with Gasteiger partial charge < -0.3 is 0 Å². The molecule has 0 amide bonds. The molecule has 0 fully saturated rings. The molecule has 0 saturated heterocycles. The number of aromatic nitrogens is 1. The van der Waals surface area contributed by atoms with E-state index in [0.717, 1.165) is 5.56 Å². The first-order valence-electron chi connectivity index (χ1n) is 7.85. The Morgan fingerprint density at radius 1 is 0.964 bits per heavy atom. The smallest absolute Gasteiger partial charge is 0.226 e. The summed E-state index contributed by atoms with van der Waals surface area (Å²) in [4.78, 5) is 3.81. The van der Waals surface area contributed by atoms with Gasteiger partial charge >= 0.3 is 0 Å². The minimum absolute atomic E-state index is 0.0699. The van der Waals surface area contributed by atoms with E-state index in [1.807, 2.05) is 6.07 Å². The highest BCUT2D eigenvalue weighted by Gasteiger charge is 2.34. The van der Waals surface area contributed by atoms with Gasteiger partial charge in [-0.3, -0.25) is 0 Å². The monoisotopic (exact) mass is 452 g/mol. The zero-order valence-corrected chi connectivity index (χ0v) is 17.7. The summed E-state index contributed by atoms with van der Waals surface area (Å²) in [6, 6.07) is 13.3. The molecule has 10 heteroatoms. The fourth-order valence-corrected chi connectivity index (χ4v) is 7.45. The minimum Gasteiger partial charge on any atom is -0.227 e. The summed E-state index contributed by atoms with van der Waals surface area (Å²) in [5.74, 6) is 0. The van der Waals surface area contributed by atoms with Gasteiger partial charge in [0.25, 0.3) is 0 Å². The maximum Gasteiger partial charge on any atom is 0.226 e. The summed E-state index contributed by atoms with van der Waals surface area (Å²) in [7, 11) is -8.37. The molecule has 0 aliphatic heterocycles. The third-order valence-corrected chi connectivity index (χ3v) is 9.34. The Labute approximate surface area is 171 Å². The highest BCUT2D eigenvalue weighted by molar-refractivity contribution is 7.96. The summed E-state index contributed by atoms with van der Waals surface area (Å²) < 4.78 is 52.0. The van der Waals surface area contributed by atoms with E-state index in [-0.39, 0.29) is 21.2 Å². The Morgan fingerprint density at radius 3 is 2.07 bits per heavy atom. The van der Waals surface area contributed by atoms with Crippen LogP contribution in [0, 0.1) is 18.3 Å². The first kappa shape index (κ1) is 20.5. The molecule has 6 nitrogen and oxygen atoms in total. The van der Waals surface area contributed by atoms with Crippen LogP contribution < -0.4 is 0 Å². The predicted octanol–water partition coefficient (Wildman–Crippen LogP) is 3.84. The quantitative estimate of drug-likeness (QED) is 0.582. The van der Waals surface area contributed by atoms with Crippen molar-refractivity contribution in [1.82, 2.24) is 4.98 Å². The van der Waals surface area contributed by atoms with Crippen molar-refractivity contribution in [3.8, 4) is 6.07 Å². The number of benzene rings is 2. The van der Waals surface area contributed by atoms with Gasteiger partial charge in [0.05, 0.1) is 22.3 Å². The molecule has 0 saturated carbocycles. The lowest BCUT2D eigenvalue weighted by molar-refractivity contribution is 0.581. The summed E-state index contributed by atoms with van der Waals surface area (Å²) in [5.41, 5.74) is 0.858. The first-order chi connectivity index (χ1) is 13.2. The van der Waals surface area contributed by atoms with Gasteiger partial charge in [0.1, 0.15) is 5.01 Å². The molecule has 0 atom stereocenters. The van der Waals surface area contributed by atoms with Crippen molar-refractivity contribution in [3.63, 3.8) is 0 Å². The average molecular weight is 453 g/mol. The molecule has 2 aromatic carbocycles. The van der Waals surface area contributed by atoms with E-state index in [1.54, 1.807) is 19.1 Å².